The number of amides is 2. The number of carbonyl (C=O) groups is 2. The second-order valence-corrected chi connectivity index (χ2v) is 9.60. The molecule has 180 valence electrons. The molecule has 4 aromatic rings. The van der Waals surface area contributed by atoms with Crippen molar-refractivity contribution in [2.45, 2.75) is 37.8 Å². The fourth-order valence-corrected chi connectivity index (χ4v) is 4.93. The number of rotatable bonds is 5. The van der Waals surface area contributed by atoms with Gasteiger partial charge in [0.2, 0.25) is 5.91 Å². The second-order valence-electron chi connectivity index (χ2n) is 9.60. The number of para-hydroxylation sites is 1. The van der Waals surface area contributed by atoms with Gasteiger partial charge in [0.15, 0.2) is 5.65 Å². The number of carbonyl (C=O) groups excluding carboxylic acids is 2. The summed E-state index contributed by atoms with van der Waals surface area (Å²) >= 11 is 0. The number of H-pyrrole nitrogens is 1. The van der Waals surface area contributed by atoms with Crippen LogP contribution < -0.4 is 11.1 Å². The Hall–Kier alpha value is -3.79. The van der Waals surface area contributed by atoms with Gasteiger partial charge in [-0.15, -0.1) is 0 Å². The first-order valence-electron chi connectivity index (χ1n) is 12.1. The number of likely N-dealkylation sites (tertiary alicyclic amines) is 1. The molecular weight excluding hydrogens is 444 g/mol. The summed E-state index contributed by atoms with van der Waals surface area (Å²) in [4.78, 5) is 40.7. The van der Waals surface area contributed by atoms with Crippen LogP contribution in [0.25, 0.3) is 33.5 Å². The van der Waals surface area contributed by atoms with Gasteiger partial charge < -0.3 is 20.9 Å². The molecule has 35 heavy (non-hydrogen) atoms. The van der Waals surface area contributed by atoms with E-state index >= 15 is 0 Å². The fraction of sp³-hybridized carbons (Fsp3) is 0.400. The van der Waals surface area contributed by atoms with Crippen LogP contribution in [-0.4, -0.2) is 66.6 Å². The van der Waals surface area contributed by atoms with Crippen molar-refractivity contribution < 1.29 is 9.59 Å². The summed E-state index contributed by atoms with van der Waals surface area (Å²) in [5, 5.41) is 8.60. The van der Waals surface area contributed by atoms with E-state index in [-0.39, 0.29) is 23.8 Å². The molecule has 2 aliphatic rings. The molecule has 6 rings (SSSR count). The Kier molecular flexibility index (Phi) is 5.25. The molecular formula is C25H28N8O2. The van der Waals surface area contributed by atoms with E-state index in [9.17, 15) is 9.59 Å². The van der Waals surface area contributed by atoms with Crippen LogP contribution in [0.15, 0.2) is 36.7 Å². The van der Waals surface area contributed by atoms with Crippen molar-refractivity contribution in [1.82, 2.24) is 34.9 Å². The van der Waals surface area contributed by atoms with Crippen molar-refractivity contribution in [3.05, 3.63) is 42.2 Å². The summed E-state index contributed by atoms with van der Waals surface area (Å²) in [7, 11) is 1.89. The summed E-state index contributed by atoms with van der Waals surface area (Å²) in [6.45, 7) is 1.28. The summed E-state index contributed by atoms with van der Waals surface area (Å²) in [6, 6.07) is 7.53. The lowest BCUT2D eigenvalue weighted by Crippen LogP contribution is -2.53. The number of nitrogens with two attached hydrogens (primary N) is 1. The van der Waals surface area contributed by atoms with Crippen LogP contribution >= 0.6 is 0 Å². The van der Waals surface area contributed by atoms with Gasteiger partial charge in [0.25, 0.3) is 5.91 Å². The van der Waals surface area contributed by atoms with Crippen LogP contribution in [0, 0.1) is 5.92 Å². The number of aromatic amines is 1. The zero-order valence-electron chi connectivity index (χ0n) is 19.6. The number of nitrogens with zero attached hydrogens (tertiary/aromatic N) is 5. The van der Waals surface area contributed by atoms with E-state index in [0.29, 0.717) is 41.2 Å². The van der Waals surface area contributed by atoms with E-state index in [1.54, 1.807) is 17.1 Å². The zero-order chi connectivity index (χ0) is 24.1. The van der Waals surface area contributed by atoms with E-state index in [0.717, 1.165) is 36.6 Å². The number of aromatic nitrogens is 5. The average molecular weight is 473 g/mol. The lowest BCUT2D eigenvalue weighted by atomic mass is 10.0. The second kappa shape index (κ2) is 8.46. The Morgan fingerprint density at radius 3 is 2.71 bits per heavy atom. The zero-order valence-corrected chi connectivity index (χ0v) is 19.6. The highest BCUT2D eigenvalue weighted by Crippen LogP contribution is 2.34. The highest BCUT2D eigenvalue weighted by molar-refractivity contribution is 6.06. The van der Waals surface area contributed by atoms with Gasteiger partial charge in [0, 0.05) is 37.8 Å². The standard InChI is InChI=1S/C25H28N8O2/c1-32-19-5-3-2-4-16(19)21(31-32)18-13-28-23-22(29-18)17(12-27-23)24(34)30-20(14-6-7-14)25(35)33-10-8-15(26)9-11-33/h2-5,12-15,20H,6-11,26H2,1H3,(H,27,28)(H,30,34)/t20-/m1/s1. The van der Waals surface area contributed by atoms with Crippen LogP contribution in [-0.2, 0) is 11.8 Å². The Labute approximate surface area is 201 Å². The van der Waals surface area contributed by atoms with Crippen LogP contribution in [0.1, 0.15) is 36.0 Å². The van der Waals surface area contributed by atoms with Crippen molar-refractivity contribution in [2.75, 3.05) is 13.1 Å². The molecule has 1 aliphatic carbocycles. The summed E-state index contributed by atoms with van der Waals surface area (Å²) in [6.07, 6.45) is 6.73. The number of hydrogen-bond acceptors (Lipinski definition) is 6. The number of piperidine rings is 1. The van der Waals surface area contributed by atoms with Crippen LogP contribution in [0.5, 0.6) is 0 Å². The monoisotopic (exact) mass is 472 g/mol. The lowest BCUT2D eigenvalue weighted by molar-refractivity contribution is -0.134. The van der Waals surface area contributed by atoms with E-state index in [4.69, 9.17) is 10.7 Å². The number of benzene rings is 1. The van der Waals surface area contributed by atoms with E-state index < -0.39 is 6.04 Å². The first kappa shape index (κ1) is 21.7. The lowest BCUT2D eigenvalue weighted by Gasteiger charge is -2.33. The summed E-state index contributed by atoms with van der Waals surface area (Å²) in [5.74, 6) is -0.166. The van der Waals surface area contributed by atoms with Crippen molar-refractivity contribution in [2.24, 2.45) is 18.7 Å². The molecule has 1 aliphatic heterocycles. The fourth-order valence-electron chi connectivity index (χ4n) is 4.93. The summed E-state index contributed by atoms with van der Waals surface area (Å²) in [5.41, 5.74) is 9.62. The molecule has 2 fully saturated rings. The van der Waals surface area contributed by atoms with Crippen LogP contribution in [0.2, 0.25) is 0 Å². The number of fused-ring (bicyclic) bond motifs is 2. The molecule has 0 radical (unpaired) electrons. The quantitative estimate of drug-likeness (QED) is 0.406. The first-order chi connectivity index (χ1) is 17.0. The van der Waals surface area contributed by atoms with Gasteiger partial charge in [-0.3, -0.25) is 14.3 Å². The van der Waals surface area contributed by atoms with Gasteiger partial charge in [0.05, 0.1) is 17.3 Å². The van der Waals surface area contributed by atoms with Crippen molar-refractivity contribution in [1.29, 1.82) is 0 Å². The predicted octanol–water partition coefficient (Wildman–Crippen LogP) is 1.97. The van der Waals surface area contributed by atoms with Crippen LogP contribution in [0.3, 0.4) is 0 Å². The summed E-state index contributed by atoms with van der Waals surface area (Å²) < 4.78 is 1.81. The third kappa shape index (κ3) is 3.93. The van der Waals surface area contributed by atoms with E-state index in [1.807, 2.05) is 36.2 Å². The Balaban J connectivity index is 1.29. The number of aryl methyl sites for hydroxylation is 1. The molecule has 10 heteroatoms. The third-order valence-corrected chi connectivity index (χ3v) is 7.12. The number of nitrogens with one attached hydrogen (secondary N) is 2. The molecule has 0 unspecified atom stereocenters. The van der Waals surface area contributed by atoms with Crippen molar-refractivity contribution in [3.8, 4) is 11.4 Å². The molecule has 3 aromatic heterocycles. The average Bonchev–Trinajstić information content (AvgIpc) is 3.54. The minimum atomic E-state index is -0.530. The molecule has 0 bridgehead atoms. The number of hydrogen-bond donors (Lipinski definition) is 3. The van der Waals surface area contributed by atoms with Gasteiger partial charge in [0.1, 0.15) is 22.9 Å². The highest BCUT2D eigenvalue weighted by Gasteiger charge is 2.40. The molecule has 4 N–H and O–H groups in total. The maximum Gasteiger partial charge on any atom is 0.255 e. The predicted molar refractivity (Wildman–Crippen MR) is 131 cm³/mol. The molecule has 10 nitrogen and oxygen atoms in total. The van der Waals surface area contributed by atoms with Crippen molar-refractivity contribution >= 4 is 33.9 Å². The largest absolute Gasteiger partial charge is 0.344 e. The van der Waals surface area contributed by atoms with E-state index in [1.165, 1.54) is 0 Å². The van der Waals surface area contributed by atoms with Gasteiger partial charge in [-0.1, -0.05) is 18.2 Å². The maximum atomic E-state index is 13.4. The van der Waals surface area contributed by atoms with Gasteiger partial charge in [-0.05, 0) is 37.7 Å². The SMILES string of the molecule is Cn1nc(-c2cnc3[nH]cc(C(=O)N[C@@H](C(=O)N4CCC(N)CC4)C4CC4)c3n2)c2ccccc21. The normalized spacial score (nSPS) is 17.7. The third-order valence-electron chi connectivity index (χ3n) is 7.12. The maximum absolute atomic E-state index is 13.4. The molecule has 4 heterocycles. The Morgan fingerprint density at radius 2 is 1.94 bits per heavy atom. The topological polar surface area (TPSA) is 135 Å². The Bertz CT molecular complexity index is 1430. The minimum Gasteiger partial charge on any atom is -0.344 e. The Morgan fingerprint density at radius 1 is 1.17 bits per heavy atom. The minimum absolute atomic E-state index is 0.0145. The van der Waals surface area contributed by atoms with E-state index in [2.05, 4.69) is 20.4 Å². The van der Waals surface area contributed by atoms with Crippen molar-refractivity contribution in [3.63, 3.8) is 0 Å². The molecule has 1 atom stereocenters. The highest BCUT2D eigenvalue weighted by atomic mass is 16.2. The van der Waals surface area contributed by atoms with Gasteiger partial charge >= 0.3 is 0 Å². The molecule has 1 saturated carbocycles. The van der Waals surface area contributed by atoms with Gasteiger partial charge in [-0.2, -0.15) is 5.10 Å². The molecule has 2 amide bonds. The molecule has 1 saturated heterocycles. The molecule has 0 spiro atoms. The smallest absolute Gasteiger partial charge is 0.255 e. The first-order valence-corrected chi connectivity index (χ1v) is 12.1. The van der Waals surface area contributed by atoms with Gasteiger partial charge in [-0.25, -0.2) is 9.97 Å². The van der Waals surface area contributed by atoms with Crippen LogP contribution in [0.4, 0.5) is 0 Å². The molecule has 1 aromatic carbocycles.